The van der Waals surface area contributed by atoms with Crippen LogP contribution in [-0.2, 0) is 4.79 Å². The third kappa shape index (κ3) is 1.81. The number of carbonyl (C=O) groups is 2. The predicted molar refractivity (Wildman–Crippen MR) is 77.3 cm³/mol. The Labute approximate surface area is 123 Å². The molecule has 112 valence electrons. The zero-order chi connectivity index (χ0) is 15.0. The van der Waals surface area contributed by atoms with E-state index in [-0.39, 0.29) is 11.9 Å². The molecular formula is C15H19N3O3. The highest BCUT2D eigenvalue weighted by atomic mass is 16.5. The topological polar surface area (TPSA) is 62.7 Å². The van der Waals surface area contributed by atoms with Crippen LogP contribution < -0.4 is 9.64 Å². The average molecular weight is 289 g/mol. The van der Waals surface area contributed by atoms with Gasteiger partial charge in [0.25, 0.3) is 5.91 Å². The van der Waals surface area contributed by atoms with E-state index in [4.69, 9.17) is 4.74 Å². The molecule has 2 aliphatic heterocycles. The summed E-state index contributed by atoms with van der Waals surface area (Å²) in [6.07, 6.45) is 4.78. The van der Waals surface area contributed by atoms with Crippen LogP contribution in [0.25, 0.3) is 0 Å². The van der Waals surface area contributed by atoms with E-state index in [1.54, 1.807) is 23.2 Å². The van der Waals surface area contributed by atoms with E-state index in [1.807, 2.05) is 6.92 Å². The smallest absolute Gasteiger partial charge is 0.332 e. The molecule has 2 saturated heterocycles. The fourth-order valence-corrected chi connectivity index (χ4v) is 3.50. The average Bonchev–Trinajstić information content (AvgIpc) is 3.00. The van der Waals surface area contributed by atoms with Gasteiger partial charge in [0.05, 0.1) is 7.11 Å². The Kier molecular flexibility index (Phi) is 3.31. The van der Waals surface area contributed by atoms with Crippen LogP contribution in [0.2, 0.25) is 0 Å². The molecule has 6 heteroatoms. The predicted octanol–water partition coefficient (Wildman–Crippen LogP) is 2.19. The summed E-state index contributed by atoms with van der Waals surface area (Å²) < 4.78 is 5.19. The molecule has 1 aromatic heterocycles. The van der Waals surface area contributed by atoms with E-state index in [0.717, 1.165) is 19.3 Å². The Morgan fingerprint density at radius 3 is 2.95 bits per heavy atom. The van der Waals surface area contributed by atoms with Crippen LogP contribution in [0, 0.1) is 0 Å². The van der Waals surface area contributed by atoms with Gasteiger partial charge >= 0.3 is 6.03 Å². The number of anilines is 1. The van der Waals surface area contributed by atoms with Gasteiger partial charge in [-0.3, -0.25) is 4.79 Å². The van der Waals surface area contributed by atoms with Crippen LogP contribution in [0.5, 0.6) is 5.88 Å². The summed E-state index contributed by atoms with van der Waals surface area (Å²) in [5, 5.41) is 0. The molecule has 2 fully saturated rings. The zero-order valence-corrected chi connectivity index (χ0v) is 12.3. The Balaban J connectivity index is 2.05. The van der Waals surface area contributed by atoms with Gasteiger partial charge in [-0.25, -0.2) is 14.7 Å². The molecule has 1 atom stereocenters. The minimum absolute atomic E-state index is 0.141. The summed E-state index contributed by atoms with van der Waals surface area (Å²) in [5.41, 5.74) is -0.230. The van der Waals surface area contributed by atoms with Crippen molar-refractivity contribution in [3.05, 3.63) is 18.3 Å². The fraction of sp³-hybridized carbons (Fsp3) is 0.533. The second-order valence-corrected chi connectivity index (χ2v) is 5.49. The summed E-state index contributed by atoms with van der Waals surface area (Å²) in [6.45, 7) is 2.68. The molecular weight excluding hydrogens is 270 g/mol. The number of methoxy groups -OCH3 is 1. The van der Waals surface area contributed by atoms with E-state index in [2.05, 4.69) is 4.98 Å². The first-order chi connectivity index (χ1) is 10.2. The highest BCUT2D eigenvalue weighted by molar-refractivity contribution is 6.24. The van der Waals surface area contributed by atoms with Crippen molar-refractivity contribution >= 4 is 17.6 Å². The van der Waals surface area contributed by atoms with Gasteiger partial charge in [-0.05, 0) is 31.4 Å². The maximum Gasteiger partial charge on any atom is 0.332 e. The number of pyridine rings is 1. The number of fused-ring (bicyclic) bond motifs is 1. The highest BCUT2D eigenvalue weighted by Crippen LogP contribution is 2.44. The quantitative estimate of drug-likeness (QED) is 0.797. The van der Waals surface area contributed by atoms with Gasteiger partial charge in [0.2, 0.25) is 5.88 Å². The molecule has 6 nitrogen and oxygen atoms in total. The second-order valence-electron chi connectivity index (χ2n) is 5.49. The molecule has 0 N–H and O–H groups in total. The van der Waals surface area contributed by atoms with Gasteiger partial charge in [-0.1, -0.05) is 13.3 Å². The van der Waals surface area contributed by atoms with Gasteiger partial charge in [-0.15, -0.1) is 0 Å². The molecule has 1 aromatic rings. The minimum atomic E-state index is -0.660. The van der Waals surface area contributed by atoms with Gasteiger partial charge in [0, 0.05) is 12.7 Å². The van der Waals surface area contributed by atoms with Crippen LogP contribution in [0.3, 0.4) is 0 Å². The number of aromatic nitrogens is 1. The standard InChI is InChI=1S/C15H19N3O3/c1-3-7-15-8-5-10-17(15)14(20)18(13(15)19)11-6-4-9-16-12(11)21-2/h4,6,9H,3,5,7-8,10H2,1-2H3/t15-/m0/s1. The minimum Gasteiger partial charge on any atom is -0.479 e. The largest absolute Gasteiger partial charge is 0.479 e. The van der Waals surface area contributed by atoms with Gasteiger partial charge < -0.3 is 9.64 Å². The molecule has 0 aliphatic carbocycles. The number of imide groups is 1. The molecule has 0 spiro atoms. The SMILES string of the molecule is CCC[C@@]12CCCN1C(=O)N(c1cccnc1OC)C2=O. The summed E-state index contributed by atoms with van der Waals surface area (Å²) in [7, 11) is 1.49. The van der Waals surface area contributed by atoms with Crippen molar-refractivity contribution in [2.75, 3.05) is 18.6 Å². The third-order valence-corrected chi connectivity index (χ3v) is 4.36. The third-order valence-electron chi connectivity index (χ3n) is 4.36. The van der Waals surface area contributed by atoms with Crippen molar-refractivity contribution in [3.8, 4) is 5.88 Å². The molecule has 0 saturated carbocycles. The monoisotopic (exact) mass is 289 g/mol. The first-order valence-electron chi connectivity index (χ1n) is 7.31. The van der Waals surface area contributed by atoms with E-state index in [9.17, 15) is 9.59 Å². The molecule has 0 unspecified atom stereocenters. The van der Waals surface area contributed by atoms with Crippen LogP contribution in [0.15, 0.2) is 18.3 Å². The van der Waals surface area contributed by atoms with E-state index in [0.29, 0.717) is 24.5 Å². The molecule has 2 aliphatic rings. The van der Waals surface area contributed by atoms with Crippen molar-refractivity contribution in [1.29, 1.82) is 0 Å². The molecule has 21 heavy (non-hydrogen) atoms. The van der Waals surface area contributed by atoms with Crippen LogP contribution in [-0.4, -0.2) is 41.0 Å². The molecule has 0 radical (unpaired) electrons. The lowest BCUT2D eigenvalue weighted by Gasteiger charge is -2.27. The van der Waals surface area contributed by atoms with Crippen molar-refractivity contribution in [2.24, 2.45) is 0 Å². The molecule has 3 amide bonds. The summed E-state index contributed by atoms with van der Waals surface area (Å²) in [5.74, 6) is 0.158. The van der Waals surface area contributed by atoms with E-state index >= 15 is 0 Å². The van der Waals surface area contributed by atoms with Crippen molar-refractivity contribution < 1.29 is 14.3 Å². The first-order valence-corrected chi connectivity index (χ1v) is 7.31. The number of nitrogens with zero attached hydrogens (tertiary/aromatic N) is 3. The summed E-state index contributed by atoms with van der Waals surface area (Å²) >= 11 is 0. The van der Waals surface area contributed by atoms with Crippen LogP contribution in [0.1, 0.15) is 32.6 Å². The lowest BCUT2D eigenvalue weighted by atomic mass is 9.90. The number of hydrogen-bond donors (Lipinski definition) is 0. The lowest BCUT2D eigenvalue weighted by molar-refractivity contribution is -0.124. The Bertz CT molecular complexity index is 589. The highest BCUT2D eigenvalue weighted by Gasteiger charge is 2.59. The van der Waals surface area contributed by atoms with Crippen molar-refractivity contribution in [1.82, 2.24) is 9.88 Å². The Hall–Kier alpha value is -2.11. The van der Waals surface area contributed by atoms with Gasteiger partial charge in [0.15, 0.2) is 0 Å². The number of urea groups is 1. The van der Waals surface area contributed by atoms with Crippen LogP contribution >= 0.6 is 0 Å². The molecule has 0 aromatic carbocycles. The number of ether oxygens (including phenoxy) is 1. The number of amides is 3. The first kappa shape index (κ1) is 13.9. The van der Waals surface area contributed by atoms with Crippen molar-refractivity contribution in [2.45, 2.75) is 38.1 Å². The van der Waals surface area contributed by atoms with E-state index in [1.165, 1.54) is 12.0 Å². The van der Waals surface area contributed by atoms with Gasteiger partial charge in [0.1, 0.15) is 11.2 Å². The zero-order valence-electron chi connectivity index (χ0n) is 12.3. The van der Waals surface area contributed by atoms with Gasteiger partial charge in [-0.2, -0.15) is 0 Å². The lowest BCUT2D eigenvalue weighted by Crippen LogP contribution is -2.44. The summed E-state index contributed by atoms with van der Waals surface area (Å²) in [6, 6.07) is 3.15. The Morgan fingerprint density at radius 2 is 2.24 bits per heavy atom. The number of hydrogen-bond acceptors (Lipinski definition) is 4. The number of rotatable bonds is 4. The summed E-state index contributed by atoms with van der Waals surface area (Å²) in [4.78, 5) is 32.7. The van der Waals surface area contributed by atoms with Crippen LogP contribution in [0.4, 0.5) is 10.5 Å². The normalized spacial score (nSPS) is 24.7. The number of carbonyl (C=O) groups excluding carboxylic acids is 2. The maximum atomic E-state index is 13.0. The van der Waals surface area contributed by atoms with E-state index < -0.39 is 5.54 Å². The Morgan fingerprint density at radius 1 is 1.43 bits per heavy atom. The molecule has 3 heterocycles. The second kappa shape index (κ2) is 5.02. The fourth-order valence-electron chi connectivity index (χ4n) is 3.50. The van der Waals surface area contributed by atoms with Crippen molar-refractivity contribution in [3.63, 3.8) is 0 Å². The molecule has 3 rings (SSSR count). The maximum absolute atomic E-state index is 13.0. The molecule has 0 bridgehead atoms.